The number of hydrogen-bond acceptors (Lipinski definition) is 1. The van der Waals surface area contributed by atoms with E-state index in [0.717, 1.165) is 25.7 Å². The third-order valence-electron chi connectivity index (χ3n) is 8.84. The van der Waals surface area contributed by atoms with Crippen molar-refractivity contribution in [2.24, 2.45) is 5.41 Å². The van der Waals surface area contributed by atoms with Crippen LogP contribution in [0, 0.1) is 5.41 Å². The van der Waals surface area contributed by atoms with Crippen molar-refractivity contribution in [1.29, 1.82) is 0 Å². The quantitative estimate of drug-likeness (QED) is 0.342. The van der Waals surface area contributed by atoms with E-state index >= 15 is 0 Å². The molecule has 180 valence electrons. The molecule has 1 aliphatic carbocycles. The Bertz CT molecular complexity index is 930. The number of aryl methyl sites for hydroxylation is 2. The molecule has 1 nitrogen and oxygen atoms in total. The fourth-order valence-corrected chi connectivity index (χ4v) is 7.06. The van der Waals surface area contributed by atoms with Crippen LogP contribution in [0.2, 0.25) is 0 Å². The summed E-state index contributed by atoms with van der Waals surface area (Å²) in [5.41, 5.74) is 10.7. The molecular weight excluding hydrogens is 398 g/mol. The molecular formula is C32H47N. The van der Waals surface area contributed by atoms with E-state index in [2.05, 4.69) is 71.0 Å². The number of nitrogens with zero attached hydrogens (tertiary/aromatic N) is 1. The molecule has 3 unspecified atom stereocenters. The van der Waals surface area contributed by atoms with Crippen LogP contribution in [0.25, 0.3) is 0 Å². The third-order valence-corrected chi connectivity index (χ3v) is 8.84. The highest BCUT2D eigenvalue weighted by atomic mass is 15.2. The summed E-state index contributed by atoms with van der Waals surface area (Å²) in [6.45, 7) is 20.9. The highest BCUT2D eigenvalue weighted by molar-refractivity contribution is 5.52. The summed E-state index contributed by atoms with van der Waals surface area (Å²) >= 11 is 0. The van der Waals surface area contributed by atoms with Crippen LogP contribution in [0.3, 0.4) is 0 Å². The molecule has 2 aliphatic heterocycles. The molecule has 2 heterocycles. The summed E-state index contributed by atoms with van der Waals surface area (Å²) < 4.78 is 0. The smallest absolute Gasteiger partial charge is 0.0584 e. The van der Waals surface area contributed by atoms with Crippen LogP contribution in [0.15, 0.2) is 48.2 Å². The molecule has 0 aromatic heterocycles. The molecule has 4 rings (SSSR count). The fraction of sp³-hybridized carbons (Fsp3) is 0.625. The molecule has 0 spiro atoms. The van der Waals surface area contributed by atoms with Crippen LogP contribution < -0.4 is 0 Å². The van der Waals surface area contributed by atoms with E-state index in [0.29, 0.717) is 23.4 Å². The van der Waals surface area contributed by atoms with Crippen LogP contribution >= 0.6 is 0 Å². The molecule has 1 fully saturated rings. The highest BCUT2D eigenvalue weighted by Gasteiger charge is 2.52. The number of benzene rings is 1. The van der Waals surface area contributed by atoms with Crippen LogP contribution in [0.4, 0.5) is 0 Å². The molecule has 1 saturated carbocycles. The van der Waals surface area contributed by atoms with Crippen molar-refractivity contribution in [3.8, 4) is 0 Å². The van der Waals surface area contributed by atoms with E-state index in [9.17, 15) is 0 Å². The van der Waals surface area contributed by atoms with E-state index < -0.39 is 0 Å². The molecule has 0 bridgehead atoms. The van der Waals surface area contributed by atoms with Crippen molar-refractivity contribution >= 4 is 0 Å². The van der Waals surface area contributed by atoms with E-state index in [4.69, 9.17) is 0 Å². The van der Waals surface area contributed by atoms with Crippen molar-refractivity contribution < 1.29 is 0 Å². The Morgan fingerprint density at radius 3 is 2.48 bits per heavy atom. The maximum atomic E-state index is 4.55. The Morgan fingerprint density at radius 1 is 1.03 bits per heavy atom. The molecule has 1 heteroatoms. The minimum Gasteiger partial charge on any atom is -0.365 e. The zero-order valence-corrected chi connectivity index (χ0v) is 22.1. The SMILES string of the molecule is C=C(CCC)C1=CN2C(CC1=C)c1cc(CC)c(CCCCCC)cc1C1CCC(C)(C)C12. The van der Waals surface area contributed by atoms with Gasteiger partial charge in [-0.05, 0) is 89.3 Å². The first kappa shape index (κ1) is 24.4. The maximum Gasteiger partial charge on any atom is 0.0584 e. The standard InChI is InChI=1S/C32H47N/c1-8-11-12-13-15-25-20-27-26-16-17-32(6,7)31(26)33-21-29(22(4)14-9-2)23(5)18-30(33)28(27)19-24(25)10-3/h19-21,26,30-31H,4-5,8-18H2,1-3,6-7H3. The topological polar surface area (TPSA) is 3.24 Å². The van der Waals surface area contributed by atoms with Crippen LogP contribution in [-0.4, -0.2) is 10.9 Å². The lowest BCUT2D eigenvalue weighted by molar-refractivity contribution is 0.0894. The second-order valence-electron chi connectivity index (χ2n) is 11.7. The Hall–Kier alpha value is -1.76. The average molecular weight is 446 g/mol. The van der Waals surface area contributed by atoms with Crippen molar-refractivity contribution in [3.05, 3.63) is 70.5 Å². The summed E-state index contributed by atoms with van der Waals surface area (Å²) in [7, 11) is 0. The summed E-state index contributed by atoms with van der Waals surface area (Å²) in [5, 5.41) is 0. The van der Waals surface area contributed by atoms with Gasteiger partial charge in [0.1, 0.15) is 0 Å². The molecule has 1 aromatic carbocycles. The highest BCUT2D eigenvalue weighted by Crippen LogP contribution is 2.58. The number of rotatable bonds is 9. The first-order chi connectivity index (χ1) is 15.8. The summed E-state index contributed by atoms with van der Waals surface area (Å²) in [6, 6.07) is 6.28. The second-order valence-corrected chi connectivity index (χ2v) is 11.7. The van der Waals surface area contributed by atoms with Gasteiger partial charge in [0.15, 0.2) is 0 Å². The lowest BCUT2D eigenvalue weighted by Crippen LogP contribution is -2.48. The number of unbranched alkanes of at least 4 members (excludes halogenated alkanes) is 3. The van der Waals surface area contributed by atoms with Gasteiger partial charge in [0, 0.05) is 18.2 Å². The summed E-state index contributed by atoms with van der Waals surface area (Å²) in [6.07, 6.45) is 16.1. The normalized spacial score (nSPS) is 25.4. The Morgan fingerprint density at radius 2 is 1.79 bits per heavy atom. The van der Waals surface area contributed by atoms with E-state index in [1.54, 1.807) is 22.3 Å². The molecule has 0 amide bonds. The predicted molar refractivity (Wildman–Crippen MR) is 144 cm³/mol. The molecule has 1 aromatic rings. The van der Waals surface area contributed by atoms with Crippen LogP contribution in [0.1, 0.15) is 127 Å². The number of hydrogen-bond donors (Lipinski definition) is 0. The molecule has 3 aliphatic rings. The van der Waals surface area contributed by atoms with Gasteiger partial charge in [0.05, 0.1) is 6.04 Å². The Labute approximate surface area is 204 Å². The van der Waals surface area contributed by atoms with E-state index in [1.165, 1.54) is 61.7 Å². The molecule has 0 saturated heterocycles. The van der Waals surface area contributed by atoms with E-state index in [-0.39, 0.29) is 0 Å². The second kappa shape index (κ2) is 9.85. The number of allylic oxidation sites excluding steroid dienone is 2. The minimum absolute atomic E-state index is 0.331. The van der Waals surface area contributed by atoms with Gasteiger partial charge in [-0.25, -0.2) is 0 Å². The largest absolute Gasteiger partial charge is 0.365 e. The monoisotopic (exact) mass is 445 g/mol. The molecule has 33 heavy (non-hydrogen) atoms. The van der Waals surface area contributed by atoms with Crippen molar-refractivity contribution in [2.45, 2.75) is 123 Å². The minimum atomic E-state index is 0.331. The van der Waals surface area contributed by atoms with Gasteiger partial charge in [0.2, 0.25) is 0 Å². The van der Waals surface area contributed by atoms with Gasteiger partial charge in [-0.1, -0.05) is 85.6 Å². The third kappa shape index (κ3) is 4.50. The number of fused-ring (bicyclic) bond motifs is 6. The molecule has 3 atom stereocenters. The summed E-state index contributed by atoms with van der Waals surface area (Å²) in [4.78, 5) is 2.77. The average Bonchev–Trinajstić information content (AvgIpc) is 3.11. The fourth-order valence-electron chi connectivity index (χ4n) is 7.06. The first-order valence-corrected chi connectivity index (χ1v) is 13.8. The lowest BCUT2D eigenvalue weighted by Gasteiger charge is -2.52. The lowest BCUT2D eigenvalue weighted by atomic mass is 9.71. The van der Waals surface area contributed by atoms with Gasteiger partial charge in [-0.15, -0.1) is 0 Å². The van der Waals surface area contributed by atoms with Crippen LogP contribution in [0.5, 0.6) is 0 Å². The first-order valence-electron chi connectivity index (χ1n) is 13.8. The predicted octanol–water partition coefficient (Wildman–Crippen LogP) is 9.20. The van der Waals surface area contributed by atoms with Crippen molar-refractivity contribution in [3.63, 3.8) is 0 Å². The summed E-state index contributed by atoms with van der Waals surface area (Å²) in [5.74, 6) is 0.648. The van der Waals surface area contributed by atoms with Crippen LogP contribution in [-0.2, 0) is 12.8 Å². The van der Waals surface area contributed by atoms with Gasteiger partial charge in [0.25, 0.3) is 0 Å². The molecule has 0 N–H and O–H groups in total. The van der Waals surface area contributed by atoms with Gasteiger partial charge in [-0.2, -0.15) is 0 Å². The maximum absolute atomic E-state index is 4.55. The van der Waals surface area contributed by atoms with Crippen molar-refractivity contribution in [2.75, 3.05) is 0 Å². The molecule has 0 radical (unpaired) electrons. The zero-order valence-electron chi connectivity index (χ0n) is 22.1. The Balaban J connectivity index is 1.77. The van der Waals surface area contributed by atoms with Gasteiger partial charge in [-0.3, -0.25) is 0 Å². The van der Waals surface area contributed by atoms with E-state index in [1.807, 2.05) is 0 Å². The van der Waals surface area contributed by atoms with Gasteiger partial charge >= 0.3 is 0 Å². The Kier molecular flexibility index (Phi) is 7.27. The van der Waals surface area contributed by atoms with Crippen molar-refractivity contribution in [1.82, 2.24) is 4.90 Å². The van der Waals surface area contributed by atoms with Gasteiger partial charge < -0.3 is 4.90 Å². The zero-order chi connectivity index (χ0) is 23.8.